The van der Waals surface area contributed by atoms with Crippen molar-refractivity contribution in [3.63, 3.8) is 0 Å². The Morgan fingerprint density at radius 1 is 1.26 bits per heavy atom. The fourth-order valence-electron chi connectivity index (χ4n) is 2.17. The van der Waals surface area contributed by atoms with Gasteiger partial charge in [0.25, 0.3) is 0 Å². The van der Waals surface area contributed by atoms with E-state index >= 15 is 0 Å². The third-order valence-electron chi connectivity index (χ3n) is 3.17. The SMILES string of the molecule is Cc1occc1-c1nc2c3cnn(C)c3ncn2n1. The van der Waals surface area contributed by atoms with Gasteiger partial charge in [0.1, 0.15) is 12.1 Å². The number of aryl methyl sites for hydroxylation is 2. The normalized spacial score (nSPS) is 11.7. The summed E-state index contributed by atoms with van der Waals surface area (Å²) in [5.41, 5.74) is 2.42. The van der Waals surface area contributed by atoms with Crippen LogP contribution in [-0.4, -0.2) is 29.4 Å². The zero-order chi connectivity index (χ0) is 13.0. The van der Waals surface area contributed by atoms with Crippen molar-refractivity contribution in [2.45, 2.75) is 6.92 Å². The maximum absolute atomic E-state index is 5.29. The summed E-state index contributed by atoms with van der Waals surface area (Å²) in [6, 6.07) is 1.86. The van der Waals surface area contributed by atoms with Gasteiger partial charge in [-0.3, -0.25) is 4.68 Å². The predicted molar refractivity (Wildman–Crippen MR) is 67.5 cm³/mol. The number of fused-ring (bicyclic) bond motifs is 3. The molecule has 0 unspecified atom stereocenters. The van der Waals surface area contributed by atoms with Crippen LogP contribution in [0.15, 0.2) is 29.3 Å². The molecular weight excluding hydrogens is 244 g/mol. The van der Waals surface area contributed by atoms with Crippen LogP contribution in [-0.2, 0) is 7.05 Å². The molecule has 7 nitrogen and oxygen atoms in total. The first kappa shape index (κ1) is 10.2. The lowest BCUT2D eigenvalue weighted by molar-refractivity contribution is 0.535. The minimum absolute atomic E-state index is 0.629. The number of hydrogen-bond donors (Lipinski definition) is 0. The summed E-state index contributed by atoms with van der Waals surface area (Å²) in [4.78, 5) is 8.88. The molecule has 0 saturated carbocycles. The van der Waals surface area contributed by atoms with E-state index in [1.54, 1.807) is 28.0 Å². The zero-order valence-electron chi connectivity index (χ0n) is 10.4. The molecule has 0 radical (unpaired) electrons. The van der Waals surface area contributed by atoms with E-state index in [9.17, 15) is 0 Å². The highest BCUT2D eigenvalue weighted by Gasteiger charge is 2.14. The van der Waals surface area contributed by atoms with E-state index in [0.29, 0.717) is 5.82 Å². The van der Waals surface area contributed by atoms with Crippen LogP contribution < -0.4 is 0 Å². The highest BCUT2D eigenvalue weighted by atomic mass is 16.3. The van der Waals surface area contributed by atoms with E-state index in [1.165, 1.54) is 0 Å². The lowest BCUT2D eigenvalue weighted by Crippen LogP contribution is -1.94. The predicted octanol–water partition coefficient (Wildman–Crippen LogP) is 1.58. The van der Waals surface area contributed by atoms with Gasteiger partial charge in [-0.05, 0) is 13.0 Å². The van der Waals surface area contributed by atoms with Gasteiger partial charge in [0, 0.05) is 7.05 Å². The monoisotopic (exact) mass is 254 g/mol. The lowest BCUT2D eigenvalue weighted by atomic mass is 10.2. The molecule has 4 heterocycles. The lowest BCUT2D eigenvalue weighted by Gasteiger charge is -1.93. The van der Waals surface area contributed by atoms with Crippen molar-refractivity contribution in [1.82, 2.24) is 29.4 Å². The van der Waals surface area contributed by atoms with Gasteiger partial charge in [0.05, 0.1) is 23.4 Å². The highest BCUT2D eigenvalue weighted by molar-refractivity contribution is 5.89. The van der Waals surface area contributed by atoms with Crippen molar-refractivity contribution < 1.29 is 4.42 Å². The van der Waals surface area contributed by atoms with Crippen molar-refractivity contribution in [1.29, 1.82) is 0 Å². The van der Waals surface area contributed by atoms with Crippen LogP contribution in [0.4, 0.5) is 0 Å². The molecule has 0 atom stereocenters. The Morgan fingerprint density at radius 2 is 2.16 bits per heavy atom. The third kappa shape index (κ3) is 1.32. The quantitative estimate of drug-likeness (QED) is 0.515. The van der Waals surface area contributed by atoms with Gasteiger partial charge in [-0.25, -0.2) is 14.5 Å². The van der Waals surface area contributed by atoms with E-state index in [4.69, 9.17) is 4.42 Å². The number of rotatable bonds is 1. The van der Waals surface area contributed by atoms with Crippen LogP contribution in [0.5, 0.6) is 0 Å². The Balaban J connectivity index is 2.06. The van der Waals surface area contributed by atoms with Gasteiger partial charge in [-0.1, -0.05) is 0 Å². The van der Waals surface area contributed by atoms with Crippen LogP contribution in [0, 0.1) is 6.92 Å². The minimum atomic E-state index is 0.629. The molecule has 94 valence electrons. The van der Waals surface area contributed by atoms with Crippen molar-refractivity contribution in [3.8, 4) is 11.4 Å². The molecule has 7 heteroatoms. The van der Waals surface area contributed by atoms with Crippen molar-refractivity contribution in [2.24, 2.45) is 7.05 Å². The van der Waals surface area contributed by atoms with Gasteiger partial charge in [-0.2, -0.15) is 5.10 Å². The largest absolute Gasteiger partial charge is 0.469 e. The number of nitrogens with zero attached hydrogens (tertiary/aromatic N) is 6. The molecule has 0 aliphatic heterocycles. The summed E-state index contributed by atoms with van der Waals surface area (Å²) in [6.45, 7) is 1.89. The van der Waals surface area contributed by atoms with Crippen molar-refractivity contribution in [2.75, 3.05) is 0 Å². The maximum atomic E-state index is 5.29. The first-order chi connectivity index (χ1) is 9.24. The summed E-state index contributed by atoms with van der Waals surface area (Å²) in [5.74, 6) is 1.43. The third-order valence-corrected chi connectivity index (χ3v) is 3.17. The van der Waals surface area contributed by atoms with E-state index in [-0.39, 0.29) is 0 Å². The second-order valence-electron chi connectivity index (χ2n) is 4.34. The number of aromatic nitrogens is 6. The first-order valence-corrected chi connectivity index (χ1v) is 5.81. The molecule has 0 saturated heterocycles. The summed E-state index contributed by atoms with van der Waals surface area (Å²) >= 11 is 0. The Morgan fingerprint density at radius 3 is 2.95 bits per heavy atom. The molecule has 0 amide bonds. The molecule has 0 aliphatic rings. The molecular formula is C12H10N6O. The second kappa shape index (κ2) is 3.41. The van der Waals surface area contributed by atoms with Gasteiger partial charge in [0.2, 0.25) is 0 Å². The van der Waals surface area contributed by atoms with Gasteiger partial charge >= 0.3 is 0 Å². The van der Waals surface area contributed by atoms with Gasteiger partial charge in [0.15, 0.2) is 17.1 Å². The zero-order valence-corrected chi connectivity index (χ0v) is 10.4. The van der Waals surface area contributed by atoms with E-state index in [0.717, 1.165) is 28.0 Å². The average molecular weight is 254 g/mol. The molecule has 0 fully saturated rings. The highest BCUT2D eigenvalue weighted by Crippen LogP contribution is 2.23. The summed E-state index contributed by atoms with van der Waals surface area (Å²) in [5, 5.41) is 9.49. The number of furan rings is 1. The maximum Gasteiger partial charge on any atom is 0.185 e. The molecule has 0 aromatic carbocycles. The van der Waals surface area contributed by atoms with Crippen LogP contribution >= 0.6 is 0 Å². The fourth-order valence-corrected chi connectivity index (χ4v) is 2.17. The van der Waals surface area contributed by atoms with Crippen LogP contribution in [0.25, 0.3) is 28.1 Å². The van der Waals surface area contributed by atoms with E-state index in [2.05, 4.69) is 20.2 Å². The van der Waals surface area contributed by atoms with Gasteiger partial charge < -0.3 is 4.42 Å². The van der Waals surface area contributed by atoms with Crippen molar-refractivity contribution in [3.05, 3.63) is 30.6 Å². The van der Waals surface area contributed by atoms with Crippen LogP contribution in [0.1, 0.15) is 5.76 Å². The van der Waals surface area contributed by atoms with Crippen LogP contribution in [0.3, 0.4) is 0 Å². The first-order valence-electron chi connectivity index (χ1n) is 5.81. The van der Waals surface area contributed by atoms with Crippen molar-refractivity contribution >= 4 is 16.7 Å². The van der Waals surface area contributed by atoms with E-state index < -0.39 is 0 Å². The Bertz CT molecular complexity index is 900. The van der Waals surface area contributed by atoms with Crippen LogP contribution in [0.2, 0.25) is 0 Å². The smallest absolute Gasteiger partial charge is 0.185 e. The standard InChI is InChI=1S/C12H10N6O/c1-7-8(3-4-19-7)10-15-12-9-5-14-17(2)11(9)13-6-18(12)16-10/h3-6H,1-2H3. The molecule has 4 aromatic rings. The molecule has 0 spiro atoms. The second-order valence-corrected chi connectivity index (χ2v) is 4.34. The molecule has 0 aliphatic carbocycles. The Kier molecular flexibility index (Phi) is 1.84. The molecule has 0 N–H and O–H groups in total. The molecule has 4 rings (SSSR count). The Labute approximate surface area is 107 Å². The molecule has 0 bridgehead atoms. The summed E-state index contributed by atoms with van der Waals surface area (Å²) in [7, 11) is 1.85. The Hall–Kier alpha value is -2.70. The minimum Gasteiger partial charge on any atom is -0.469 e. The van der Waals surface area contributed by atoms with Gasteiger partial charge in [-0.15, -0.1) is 5.10 Å². The fraction of sp³-hybridized carbons (Fsp3) is 0.167. The molecule has 19 heavy (non-hydrogen) atoms. The summed E-state index contributed by atoms with van der Waals surface area (Å²) < 4.78 is 8.66. The average Bonchev–Trinajstić information content (AvgIpc) is 3.07. The molecule has 4 aromatic heterocycles. The number of hydrogen-bond acceptors (Lipinski definition) is 5. The summed E-state index contributed by atoms with van der Waals surface area (Å²) in [6.07, 6.45) is 5.03. The van der Waals surface area contributed by atoms with E-state index in [1.807, 2.05) is 20.0 Å². The topological polar surface area (TPSA) is 74.0 Å².